The number of carbonyl (C=O) groups excluding carboxylic acids is 1. The first-order valence-electron chi connectivity index (χ1n) is 6.47. The summed E-state index contributed by atoms with van der Waals surface area (Å²) in [5, 5.41) is 0. The Balaban J connectivity index is 2.67. The molecule has 0 aromatic rings. The minimum absolute atomic E-state index is 0.121. The maximum atomic E-state index is 12.1. The van der Waals surface area contributed by atoms with E-state index in [1.807, 2.05) is 32.6 Å². The largest absolute Gasteiger partial charge is 0.444 e. The first-order chi connectivity index (χ1) is 7.70. The number of ether oxygens (including phenoxy) is 1. The predicted octanol–water partition coefficient (Wildman–Crippen LogP) is 2.51. The van der Waals surface area contributed by atoms with Gasteiger partial charge >= 0.3 is 6.09 Å². The summed E-state index contributed by atoms with van der Waals surface area (Å²) >= 11 is 0. The van der Waals surface area contributed by atoms with Crippen molar-refractivity contribution in [2.24, 2.45) is 5.73 Å². The molecule has 1 amide bonds. The molecule has 0 aromatic carbocycles. The lowest BCUT2D eigenvalue weighted by molar-refractivity contribution is 0.0150. The smallest absolute Gasteiger partial charge is 0.410 e. The van der Waals surface area contributed by atoms with Crippen molar-refractivity contribution in [3.05, 3.63) is 0 Å². The summed E-state index contributed by atoms with van der Waals surface area (Å²) in [6.45, 7) is 9.74. The third-order valence-corrected chi connectivity index (χ3v) is 3.03. The van der Waals surface area contributed by atoms with Gasteiger partial charge in [-0.15, -0.1) is 0 Å². The number of nitrogens with two attached hydrogens (primary N) is 1. The standard InChI is InChI=1S/C13H26N2O2/c1-9(14)8-11-7-6-10(2)15(11)12(16)17-13(3,4)5/h9-11H,6-8,14H2,1-5H3. The lowest BCUT2D eigenvalue weighted by Crippen LogP contribution is -2.44. The Morgan fingerprint density at radius 3 is 2.53 bits per heavy atom. The molecule has 0 aliphatic carbocycles. The quantitative estimate of drug-likeness (QED) is 0.809. The maximum Gasteiger partial charge on any atom is 0.410 e. The SMILES string of the molecule is CC(N)CC1CCC(C)N1C(=O)OC(C)(C)C. The van der Waals surface area contributed by atoms with E-state index < -0.39 is 5.60 Å². The molecular formula is C13H26N2O2. The van der Waals surface area contributed by atoms with Gasteiger partial charge in [-0.3, -0.25) is 0 Å². The van der Waals surface area contributed by atoms with Crippen LogP contribution in [-0.2, 0) is 4.74 Å². The summed E-state index contributed by atoms with van der Waals surface area (Å²) in [5.74, 6) is 0. The van der Waals surface area contributed by atoms with Crippen LogP contribution in [0.2, 0.25) is 0 Å². The Morgan fingerprint density at radius 2 is 2.06 bits per heavy atom. The molecule has 1 rings (SSSR count). The summed E-state index contributed by atoms with van der Waals surface area (Å²) in [4.78, 5) is 14.0. The number of likely N-dealkylation sites (tertiary alicyclic amines) is 1. The van der Waals surface area contributed by atoms with Gasteiger partial charge in [0.1, 0.15) is 5.60 Å². The summed E-state index contributed by atoms with van der Waals surface area (Å²) in [5.41, 5.74) is 5.40. The van der Waals surface area contributed by atoms with Gasteiger partial charge in [-0.1, -0.05) is 0 Å². The monoisotopic (exact) mass is 242 g/mol. The van der Waals surface area contributed by atoms with Gasteiger partial charge in [0.15, 0.2) is 0 Å². The highest BCUT2D eigenvalue weighted by Gasteiger charge is 2.37. The van der Waals surface area contributed by atoms with Crippen LogP contribution < -0.4 is 5.73 Å². The van der Waals surface area contributed by atoms with E-state index in [1.165, 1.54) is 0 Å². The maximum absolute atomic E-state index is 12.1. The first-order valence-corrected chi connectivity index (χ1v) is 6.47. The van der Waals surface area contributed by atoms with Crippen LogP contribution in [0.3, 0.4) is 0 Å². The normalized spacial score (nSPS) is 27.1. The van der Waals surface area contributed by atoms with Crippen molar-refractivity contribution in [3.63, 3.8) is 0 Å². The van der Waals surface area contributed by atoms with Crippen LogP contribution >= 0.6 is 0 Å². The number of amides is 1. The minimum Gasteiger partial charge on any atom is -0.444 e. The third-order valence-electron chi connectivity index (χ3n) is 3.03. The third kappa shape index (κ3) is 4.19. The number of hydrogen-bond acceptors (Lipinski definition) is 3. The Bertz CT molecular complexity index is 271. The molecule has 100 valence electrons. The van der Waals surface area contributed by atoms with Crippen LogP contribution in [0.4, 0.5) is 4.79 Å². The molecule has 1 heterocycles. The molecule has 0 radical (unpaired) electrons. The van der Waals surface area contributed by atoms with Crippen molar-refractivity contribution in [1.82, 2.24) is 4.90 Å². The zero-order chi connectivity index (χ0) is 13.2. The van der Waals surface area contributed by atoms with E-state index in [4.69, 9.17) is 10.5 Å². The molecule has 1 fully saturated rings. The van der Waals surface area contributed by atoms with Crippen LogP contribution in [0.15, 0.2) is 0 Å². The lowest BCUT2D eigenvalue weighted by Gasteiger charge is -2.32. The van der Waals surface area contributed by atoms with Crippen molar-refractivity contribution in [2.45, 2.75) is 77.6 Å². The molecule has 2 N–H and O–H groups in total. The molecule has 0 saturated carbocycles. The average Bonchev–Trinajstić information content (AvgIpc) is 2.42. The van der Waals surface area contributed by atoms with Gasteiger partial charge in [-0.05, 0) is 53.9 Å². The second-order valence-electron chi connectivity index (χ2n) is 6.18. The van der Waals surface area contributed by atoms with Crippen LogP contribution in [0, 0.1) is 0 Å². The van der Waals surface area contributed by atoms with Gasteiger partial charge < -0.3 is 15.4 Å². The van der Waals surface area contributed by atoms with Crippen molar-refractivity contribution in [3.8, 4) is 0 Å². The van der Waals surface area contributed by atoms with Gasteiger partial charge in [0.05, 0.1) is 0 Å². The fraction of sp³-hybridized carbons (Fsp3) is 0.923. The molecule has 4 nitrogen and oxygen atoms in total. The van der Waals surface area contributed by atoms with Gasteiger partial charge in [-0.25, -0.2) is 4.79 Å². The average molecular weight is 242 g/mol. The van der Waals surface area contributed by atoms with Crippen molar-refractivity contribution >= 4 is 6.09 Å². The first kappa shape index (κ1) is 14.3. The molecule has 0 aromatic heterocycles. The number of hydrogen-bond donors (Lipinski definition) is 1. The zero-order valence-corrected chi connectivity index (χ0v) is 11.7. The van der Waals surface area contributed by atoms with Crippen LogP contribution in [-0.4, -0.2) is 34.7 Å². The molecule has 1 saturated heterocycles. The molecule has 0 spiro atoms. The van der Waals surface area contributed by atoms with Crippen molar-refractivity contribution in [1.29, 1.82) is 0 Å². The highest BCUT2D eigenvalue weighted by molar-refractivity contribution is 5.69. The van der Waals surface area contributed by atoms with E-state index in [9.17, 15) is 4.79 Å². The van der Waals surface area contributed by atoms with E-state index >= 15 is 0 Å². The Labute approximate surface area is 104 Å². The topological polar surface area (TPSA) is 55.6 Å². The second kappa shape index (κ2) is 5.25. The summed E-state index contributed by atoms with van der Waals surface area (Å²) < 4.78 is 5.45. The van der Waals surface area contributed by atoms with Gasteiger partial charge in [0.25, 0.3) is 0 Å². The lowest BCUT2D eigenvalue weighted by atomic mass is 10.1. The number of nitrogens with zero attached hydrogens (tertiary/aromatic N) is 1. The fourth-order valence-electron chi connectivity index (χ4n) is 2.38. The summed E-state index contributed by atoms with van der Waals surface area (Å²) in [6, 6.07) is 0.615. The fourth-order valence-corrected chi connectivity index (χ4v) is 2.38. The van der Waals surface area contributed by atoms with E-state index in [2.05, 4.69) is 6.92 Å². The molecular weight excluding hydrogens is 216 g/mol. The molecule has 3 atom stereocenters. The Morgan fingerprint density at radius 1 is 1.47 bits per heavy atom. The zero-order valence-electron chi connectivity index (χ0n) is 11.7. The van der Waals surface area contributed by atoms with Crippen molar-refractivity contribution in [2.75, 3.05) is 0 Å². The molecule has 17 heavy (non-hydrogen) atoms. The Hall–Kier alpha value is -0.770. The molecule has 0 bridgehead atoms. The van der Waals surface area contributed by atoms with E-state index in [1.54, 1.807) is 0 Å². The number of rotatable bonds is 2. The second-order valence-corrected chi connectivity index (χ2v) is 6.18. The molecule has 3 unspecified atom stereocenters. The molecule has 1 aliphatic rings. The van der Waals surface area contributed by atoms with Crippen LogP contribution in [0.5, 0.6) is 0 Å². The summed E-state index contributed by atoms with van der Waals surface area (Å²) in [7, 11) is 0. The summed E-state index contributed by atoms with van der Waals surface area (Å²) in [6.07, 6.45) is 2.72. The molecule has 1 aliphatic heterocycles. The number of carbonyl (C=O) groups is 1. The van der Waals surface area contributed by atoms with Crippen molar-refractivity contribution < 1.29 is 9.53 Å². The van der Waals surface area contributed by atoms with E-state index in [-0.39, 0.29) is 24.2 Å². The predicted molar refractivity (Wildman–Crippen MR) is 68.8 cm³/mol. The van der Waals surface area contributed by atoms with E-state index in [0.717, 1.165) is 19.3 Å². The highest BCUT2D eigenvalue weighted by atomic mass is 16.6. The highest BCUT2D eigenvalue weighted by Crippen LogP contribution is 2.28. The van der Waals surface area contributed by atoms with Gasteiger partial charge in [0, 0.05) is 18.1 Å². The van der Waals surface area contributed by atoms with E-state index in [0.29, 0.717) is 0 Å². The Kier molecular flexibility index (Phi) is 4.42. The van der Waals surface area contributed by atoms with Crippen LogP contribution in [0.25, 0.3) is 0 Å². The van der Waals surface area contributed by atoms with Gasteiger partial charge in [0.2, 0.25) is 0 Å². The molecule has 4 heteroatoms. The minimum atomic E-state index is -0.432. The van der Waals surface area contributed by atoms with Crippen LogP contribution in [0.1, 0.15) is 53.9 Å². The van der Waals surface area contributed by atoms with Gasteiger partial charge in [-0.2, -0.15) is 0 Å².